The zero-order chi connectivity index (χ0) is 17.1. The van der Waals surface area contributed by atoms with Gasteiger partial charge in [0.2, 0.25) is 0 Å². The van der Waals surface area contributed by atoms with Gasteiger partial charge >= 0.3 is 0 Å². The van der Waals surface area contributed by atoms with Crippen molar-refractivity contribution in [1.29, 1.82) is 0 Å². The second kappa shape index (κ2) is 7.45. The van der Waals surface area contributed by atoms with Gasteiger partial charge in [0.05, 0.1) is 6.10 Å². The van der Waals surface area contributed by atoms with Gasteiger partial charge in [-0.2, -0.15) is 11.3 Å². The van der Waals surface area contributed by atoms with Gasteiger partial charge < -0.3 is 19.1 Å². The number of rotatable bonds is 5. The zero-order valence-corrected chi connectivity index (χ0v) is 14.8. The van der Waals surface area contributed by atoms with E-state index in [-0.39, 0.29) is 12.0 Å². The minimum Gasteiger partial charge on any atom is -0.486 e. The number of thiophene rings is 1. The number of hydrogen-bond acceptors (Lipinski definition) is 5. The van der Waals surface area contributed by atoms with E-state index >= 15 is 0 Å². The van der Waals surface area contributed by atoms with E-state index in [2.05, 4.69) is 11.4 Å². The Labute approximate surface area is 151 Å². The first-order valence-electron chi connectivity index (χ1n) is 8.61. The number of carbonyl (C=O) groups excluding carboxylic acids is 1. The van der Waals surface area contributed by atoms with E-state index in [1.54, 1.807) is 17.4 Å². The molecule has 1 amide bonds. The van der Waals surface area contributed by atoms with E-state index in [4.69, 9.17) is 14.2 Å². The Morgan fingerprint density at radius 2 is 2.04 bits per heavy atom. The van der Waals surface area contributed by atoms with Crippen LogP contribution < -0.4 is 9.47 Å². The maximum atomic E-state index is 13.1. The summed E-state index contributed by atoms with van der Waals surface area (Å²) >= 11 is 1.64. The van der Waals surface area contributed by atoms with Crippen LogP contribution in [0.1, 0.15) is 28.8 Å². The van der Waals surface area contributed by atoms with E-state index < -0.39 is 0 Å². The summed E-state index contributed by atoms with van der Waals surface area (Å²) in [5.41, 5.74) is 1.77. The Kier molecular flexibility index (Phi) is 4.90. The normalized spacial score (nSPS) is 19.0. The Balaban J connectivity index is 1.55. The molecular formula is C19H21NO4S. The molecule has 2 aliphatic heterocycles. The fourth-order valence-corrected chi connectivity index (χ4v) is 3.88. The highest BCUT2D eigenvalue weighted by atomic mass is 32.1. The molecule has 0 N–H and O–H groups in total. The van der Waals surface area contributed by atoms with Crippen LogP contribution in [0.2, 0.25) is 0 Å². The molecule has 1 aromatic carbocycles. The van der Waals surface area contributed by atoms with Crippen molar-refractivity contribution in [3.8, 4) is 11.5 Å². The Morgan fingerprint density at radius 3 is 2.80 bits per heavy atom. The van der Waals surface area contributed by atoms with Crippen LogP contribution in [-0.4, -0.2) is 43.3 Å². The number of hydrogen-bond donors (Lipinski definition) is 0. The minimum absolute atomic E-state index is 0.00123. The minimum atomic E-state index is -0.00123. The molecule has 0 saturated carbocycles. The van der Waals surface area contributed by atoms with Crippen molar-refractivity contribution in [3.63, 3.8) is 0 Å². The molecule has 2 aromatic rings. The molecule has 1 saturated heterocycles. The average molecular weight is 359 g/mol. The average Bonchev–Trinajstić information content (AvgIpc) is 3.34. The van der Waals surface area contributed by atoms with Crippen molar-refractivity contribution in [3.05, 3.63) is 46.2 Å². The second-order valence-electron chi connectivity index (χ2n) is 6.31. The van der Waals surface area contributed by atoms with Gasteiger partial charge in [-0.05, 0) is 53.4 Å². The fraction of sp³-hybridized carbons (Fsp3) is 0.421. The fourth-order valence-electron chi connectivity index (χ4n) is 3.22. The lowest BCUT2D eigenvalue weighted by Gasteiger charge is -2.26. The molecule has 2 aliphatic rings. The van der Waals surface area contributed by atoms with Gasteiger partial charge in [-0.1, -0.05) is 0 Å². The van der Waals surface area contributed by atoms with Gasteiger partial charge in [-0.25, -0.2) is 0 Å². The molecule has 5 nitrogen and oxygen atoms in total. The lowest BCUT2D eigenvalue weighted by Crippen LogP contribution is -2.37. The van der Waals surface area contributed by atoms with E-state index in [1.807, 2.05) is 22.4 Å². The molecule has 0 bridgehead atoms. The SMILES string of the molecule is O=C(c1ccc2c(c1)OCCO2)N(Cc1ccsc1)CC1CCCO1. The summed E-state index contributed by atoms with van der Waals surface area (Å²) in [4.78, 5) is 15.0. The van der Waals surface area contributed by atoms with Crippen molar-refractivity contribution in [1.82, 2.24) is 4.90 Å². The molecule has 0 aliphatic carbocycles. The molecule has 6 heteroatoms. The van der Waals surface area contributed by atoms with Crippen molar-refractivity contribution < 1.29 is 19.0 Å². The molecule has 3 heterocycles. The Hall–Kier alpha value is -2.05. The molecule has 25 heavy (non-hydrogen) atoms. The molecule has 1 aromatic heterocycles. The highest BCUT2D eigenvalue weighted by Crippen LogP contribution is 2.31. The number of amides is 1. The Morgan fingerprint density at radius 1 is 1.16 bits per heavy atom. The van der Waals surface area contributed by atoms with Crippen LogP contribution in [0.5, 0.6) is 11.5 Å². The van der Waals surface area contributed by atoms with Gasteiger partial charge in [0.1, 0.15) is 13.2 Å². The summed E-state index contributed by atoms with van der Waals surface area (Å²) in [5, 5.41) is 4.12. The highest BCUT2D eigenvalue weighted by Gasteiger charge is 2.25. The molecule has 1 unspecified atom stereocenters. The predicted octanol–water partition coefficient (Wildman–Crippen LogP) is 3.34. The van der Waals surface area contributed by atoms with E-state index in [1.165, 1.54) is 0 Å². The molecule has 132 valence electrons. The smallest absolute Gasteiger partial charge is 0.254 e. The summed E-state index contributed by atoms with van der Waals surface area (Å²) in [6, 6.07) is 7.47. The quantitative estimate of drug-likeness (QED) is 0.821. The summed E-state index contributed by atoms with van der Waals surface area (Å²) in [7, 11) is 0. The van der Waals surface area contributed by atoms with Gasteiger partial charge in [0.15, 0.2) is 11.5 Å². The maximum Gasteiger partial charge on any atom is 0.254 e. The van der Waals surface area contributed by atoms with E-state index in [0.29, 0.717) is 43.4 Å². The molecular weight excluding hydrogens is 338 g/mol. The lowest BCUT2D eigenvalue weighted by atomic mass is 10.1. The number of ether oxygens (including phenoxy) is 3. The number of carbonyl (C=O) groups is 1. The Bertz CT molecular complexity index is 725. The van der Waals surface area contributed by atoms with Crippen molar-refractivity contribution in [2.24, 2.45) is 0 Å². The van der Waals surface area contributed by atoms with Crippen LogP contribution in [0, 0.1) is 0 Å². The van der Waals surface area contributed by atoms with Crippen LogP contribution in [0.3, 0.4) is 0 Å². The van der Waals surface area contributed by atoms with Crippen molar-refractivity contribution >= 4 is 17.2 Å². The topological polar surface area (TPSA) is 48.0 Å². The molecule has 1 atom stereocenters. The van der Waals surface area contributed by atoms with Crippen LogP contribution >= 0.6 is 11.3 Å². The standard InChI is InChI=1S/C19H21NO4S/c21-19(15-3-4-17-18(10-15)24-8-7-23-17)20(11-14-5-9-25-13-14)12-16-2-1-6-22-16/h3-5,9-10,13,16H,1-2,6-8,11-12H2. The number of benzene rings is 1. The summed E-state index contributed by atoms with van der Waals surface area (Å²) in [5.74, 6) is 1.34. The monoisotopic (exact) mass is 359 g/mol. The van der Waals surface area contributed by atoms with E-state index in [0.717, 1.165) is 25.0 Å². The third kappa shape index (κ3) is 3.80. The third-order valence-corrected chi connectivity index (χ3v) is 5.21. The number of fused-ring (bicyclic) bond motifs is 1. The zero-order valence-electron chi connectivity index (χ0n) is 14.0. The van der Waals surface area contributed by atoms with E-state index in [9.17, 15) is 4.79 Å². The van der Waals surface area contributed by atoms with Crippen LogP contribution in [0.4, 0.5) is 0 Å². The first-order chi connectivity index (χ1) is 12.3. The van der Waals surface area contributed by atoms with Gasteiger partial charge in [-0.3, -0.25) is 4.79 Å². The van der Waals surface area contributed by atoms with Crippen LogP contribution in [0.25, 0.3) is 0 Å². The molecule has 1 fully saturated rings. The second-order valence-corrected chi connectivity index (χ2v) is 7.09. The predicted molar refractivity (Wildman–Crippen MR) is 95.5 cm³/mol. The van der Waals surface area contributed by atoms with Crippen LogP contribution in [0.15, 0.2) is 35.0 Å². The highest BCUT2D eigenvalue weighted by molar-refractivity contribution is 7.07. The number of nitrogens with zero attached hydrogens (tertiary/aromatic N) is 1. The van der Waals surface area contributed by atoms with Crippen molar-refractivity contribution in [2.45, 2.75) is 25.5 Å². The molecule has 4 rings (SSSR count). The van der Waals surface area contributed by atoms with Gasteiger partial charge in [-0.15, -0.1) is 0 Å². The van der Waals surface area contributed by atoms with Crippen molar-refractivity contribution in [2.75, 3.05) is 26.4 Å². The lowest BCUT2D eigenvalue weighted by molar-refractivity contribution is 0.0507. The third-order valence-electron chi connectivity index (χ3n) is 4.48. The van der Waals surface area contributed by atoms with Gasteiger partial charge in [0.25, 0.3) is 5.91 Å². The van der Waals surface area contributed by atoms with Crippen LogP contribution in [-0.2, 0) is 11.3 Å². The molecule has 0 spiro atoms. The largest absolute Gasteiger partial charge is 0.486 e. The first kappa shape index (κ1) is 16.4. The van der Waals surface area contributed by atoms with Gasteiger partial charge in [0, 0.05) is 25.3 Å². The molecule has 0 radical (unpaired) electrons. The summed E-state index contributed by atoms with van der Waals surface area (Å²) < 4.78 is 16.9. The maximum absolute atomic E-state index is 13.1. The first-order valence-corrected chi connectivity index (χ1v) is 9.55. The summed E-state index contributed by atoms with van der Waals surface area (Å²) in [6.45, 7) is 3.05. The summed E-state index contributed by atoms with van der Waals surface area (Å²) in [6.07, 6.45) is 2.20.